The van der Waals surface area contributed by atoms with E-state index in [0.717, 1.165) is 15.8 Å². The summed E-state index contributed by atoms with van der Waals surface area (Å²) in [5, 5.41) is 17.0. The van der Waals surface area contributed by atoms with E-state index >= 15 is 0 Å². The number of hydrogen-bond donors (Lipinski definition) is 3. The van der Waals surface area contributed by atoms with E-state index in [1.54, 1.807) is 0 Å². The normalized spacial score (nSPS) is 20.9. The molecule has 1 aliphatic rings. The highest BCUT2D eigenvalue weighted by atomic mass is 19.4. The molecule has 198 valence electrons. The predicted molar refractivity (Wildman–Crippen MR) is 114 cm³/mol. The summed E-state index contributed by atoms with van der Waals surface area (Å²) in [6.45, 7) is 2.40. The molecule has 1 fully saturated rings. The van der Waals surface area contributed by atoms with E-state index in [1.807, 2.05) is 13.8 Å². The molecule has 4 N–H and O–H groups in total. The first-order valence-corrected chi connectivity index (χ1v) is 11.0. The molecule has 1 aromatic rings. The molecule has 14 heteroatoms. The molecule has 0 aromatic carbocycles. The lowest BCUT2D eigenvalue weighted by Crippen LogP contribution is -2.42. The fourth-order valence-electron chi connectivity index (χ4n) is 3.52. The second kappa shape index (κ2) is 12.3. The molecule has 1 aliphatic carbocycles. The summed E-state index contributed by atoms with van der Waals surface area (Å²) in [4.78, 5) is 24.7. The van der Waals surface area contributed by atoms with Gasteiger partial charge in [0.2, 0.25) is 0 Å². The van der Waals surface area contributed by atoms with Gasteiger partial charge in [-0.3, -0.25) is 24.0 Å². The van der Waals surface area contributed by atoms with Crippen molar-refractivity contribution in [3.05, 3.63) is 29.4 Å². The number of nitrogens with one attached hydrogen (secondary N) is 1. The fourth-order valence-corrected chi connectivity index (χ4v) is 3.52. The zero-order valence-electron chi connectivity index (χ0n) is 19.7. The molecule has 1 saturated carbocycles. The van der Waals surface area contributed by atoms with Crippen LogP contribution in [0.5, 0.6) is 0 Å². The number of aliphatic hydroxyl groups is 1. The van der Waals surface area contributed by atoms with Gasteiger partial charge in [-0.25, -0.2) is 10.2 Å². The molecule has 0 bridgehead atoms. The van der Waals surface area contributed by atoms with E-state index < -0.39 is 43.9 Å². The molecule has 0 spiro atoms. The number of aliphatic hydroxyl groups excluding tert-OH is 1. The first kappa shape index (κ1) is 28.5. The molecule has 1 heterocycles. The third kappa shape index (κ3) is 9.45. The zero-order valence-corrected chi connectivity index (χ0v) is 19.7. The number of nitrogens with two attached hydrogens (primary N) is 1. The van der Waals surface area contributed by atoms with Crippen LogP contribution in [0.4, 0.5) is 17.6 Å². The minimum atomic E-state index is -4.85. The summed E-state index contributed by atoms with van der Waals surface area (Å²) in [5.41, 5.74) is -0.205. The summed E-state index contributed by atoms with van der Waals surface area (Å²) >= 11 is 0. The number of hydrazine groups is 1. The average Bonchev–Trinajstić information content (AvgIpc) is 3.27. The Morgan fingerprint density at radius 1 is 1.40 bits per heavy atom. The third-order valence-electron chi connectivity index (χ3n) is 5.23. The number of carbonyl (C=O) groups excluding carboxylic acids is 2. The number of aryl methyl sites for hydroxylation is 1. The summed E-state index contributed by atoms with van der Waals surface area (Å²) < 4.78 is 60.4. The van der Waals surface area contributed by atoms with E-state index in [4.69, 9.17) is 10.6 Å². The first-order valence-electron chi connectivity index (χ1n) is 11.0. The van der Waals surface area contributed by atoms with Crippen molar-refractivity contribution in [2.24, 2.45) is 24.7 Å². The van der Waals surface area contributed by atoms with Crippen LogP contribution in [-0.2, 0) is 27.9 Å². The van der Waals surface area contributed by atoms with Gasteiger partial charge in [0.15, 0.2) is 6.73 Å². The van der Waals surface area contributed by atoms with Crippen molar-refractivity contribution in [2.45, 2.75) is 64.8 Å². The Morgan fingerprint density at radius 2 is 2.09 bits per heavy atom. The Labute approximate surface area is 200 Å². The number of alkyl halides is 4. The van der Waals surface area contributed by atoms with Crippen LogP contribution in [0.2, 0.25) is 0 Å². The van der Waals surface area contributed by atoms with Crippen LogP contribution in [0.15, 0.2) is 18.0 Å². The summed E-state index contributed by atoms with van der Waals surface area (Å²) in [6, 6.07) is 1.13. The minimum absolute atomic E-state index is 0.0263. The zero-order chi connectivity index (χ0) is 26.3. The van der Waals surface area contributed by atoms with Gasteiger partial charge in [-0.05, 0) is 43.2 Å². The smallest absolute Gasteiger partial charge is 0.443 e. The topological polar surface area (TPSA) is 132 Å². The number of esters is 1. The van der Waals surface area contributed by atoms with E-state index in [2.05, 4.69) is 15.2 Å². The van der Waals surface area contributed by atoms with Gasteiger partial charge in [-0.2, -0.15) is 5.10 Å². The maximum atomic E-state index is 13.7. The number of carbonyl (C=O) groups is 2. The minimum Gasteiger partial charge on any atom is -0.443 e. The standard InChI is InChI=1S/C21H31F4N5O5/c1-12(2)6-19(32)34-11-30(26)18(5-4-13-7-15(22)17(31)8-13)27-20(33)16-9-14(28-29(16)3)10-35-21(23,24)25/h5,9,12-13,15,17,31H,4,6-8,10-11,26H2,1-3H3,(H,27,33)/b18-5-/t13-,15+,17-/m0/s1. The van der Waals surface area contributed by atoms with Crippen molar-refractivity contribution < 1.29 is 41.7 Å². The van der Waals surface area contributed by atoms with Gasteiger partial charge in [0.25, 0.3) is 5.91 Å². The van der Waals surface area contributed by atoms with Gasteiger partial charge in [0.05, 0.1) is 11.8 Å². The second-order valence-electron chi connectivity index (χ2n) is 8.79. The van der Waals surface area contributed by atoms with Crippen LogP contribution in [0.1, 0.15) is 55.7 Å². The first-order chi connectivity index (χ1) is 16.2. The van der Waals surface area contributed by atoms with Gasteiger partial charge in [0, 0.05) is 13.5 Å². The maximum absolute atomic E-state index is 13.7. The van der Waals surface area contributed by atoms with Crippen LogP contribution in [-0.4, -0.2) is 57.1 Å². The number of hydrogen-bond acceptors (Lipinski definition) is 8. The van der Waals surface area contributed by atoms with E-state index in [9.17, 15) is 32.3 Å². The van der Waals surface area contributed by atoms with Crippen molar-refractivity contribution in [1.29, 1.82) is 0 Å². The van der Waals surface area contributed by atoms with E-state index in [1.165, 1.54) is 13.1 Å². The number of nitrogens with zero attached hydrogens (tertiary/aromatic N) is 3. The van der Waals surface area contributed by atoms with Crippen molar-refractivity contribution in [3.63, 3.8) is 0 Å². The highest BCUT2D eigenvalue weighted by molar-refractivity contribution is 5.93. The highest BCUT2D eigenvalue weighted by Gasteiger charge is 2.32. The largest absolute Gasteiger partial charge is 0.522 e. The number of amides is 1. The molecule has 0 unspecified atom stereocenters. The van der Waals surface area contributed by atoms with Crippen molar-refractivity contribution in [2.75, 3.05) is 6.73 Å². The molecule has 1 amide bonds. The van der Waals surface area contributed by atoms with Crippen molar-refractivity contribution in [3.8, 4) is 0 Å². The number of ether oxygens (including phenoxy) is 2. The van der Waals surface area contributed by atoms with Gasteiger partial charge in [0.1, 0.15) is 24.3 Å². The fraction of sp³-hybridized carbons (Fsp3) is 0.667. The Bertz CT molecular complexity index is 895. The predicted octanol–water partition coefficient (Wildman–Crippen LogP) is 2.25. The molecule has 1 aromatic heterocycles. The molecule has 0 aliphatic heterocycles. The van der Waals surface area contributed by atoms with E-state index in [0.29, 0.717) is 0 Å². The summed E-state index contributed by atoms with van der Waals surface area (Å²) in [5.74, 6) is 4.62. The summed E-state index contributed by atoms with van der Waals surface area (Å²) in [6.07, 6.45) is -4.96. The van der Waals surface area contributed by atoms with Crippen LogP contribution in [0, 0.1) is 11.8 Å². The SMILES string of the molecule is CC(C)CC(=O)OCN(N)/C(=C\C[C@H]1C[C@@H](F)[C@@H](O)C1)NC(=O)c1cc(COC(F)(F)F)nn1C. The summed E-state index contributed by atoms with van der Waals surface area (Å²) in [7, 11) is 1.37. The number of halogens is 4. The molecule has 2 rings (SSSR count). The number of rotatable bonds is 11. The van der Waals surface area contributed by atoms with Gasteiger partial charge < -0.3 is 15.2 Å². The Morgan fingerprint density at radius 3 is 2.66 bits per heavy atom. The van der Waals surface area contributed by atoms with Crippen LogP contribution in [0.3, 0.4) is 0 Å². The Hall–Kier alpha value is -2.71. The van der Waals surface area contributed by atoms with Gasteiger partial charge in [-0.15, -0.1) is 13.2 Å². The average molecular weight is 510 g/mol. The molecule has 0 saturated heterocycles. The lowest BCUT2D eigenvalue weighted by molar-refractivity contribution is -0.330. The number of aromatic nitrogens is 2. The van der Waals surface area contributed by atoms with Gasteiger partial charge in [-0.1, -0.05) is 13.8 Å². The Kier molecular flexibility index (Phi) is 10.0. The Balaban J connectivity index is 2.12. The molecular formula is C21H31F4N5O5. The molecule has 10 nitrogen and oxygen atoms in total. The number of allylic oxidation sites excluding steroid dienone is 1. The molecule has 3 atom stereocenters. The lowest BCUT2D eigenvalue weighted by Gasteiger charge is -2.23. The molecule has 35 heavy (non-hydrogen) atoms. The molecular weight excluding hydrogens is 478 g/mol. The van der Waals surface area contributed by atoms with Crippen LogP contribution in [0.25, 0.3) is 0 Å². The third-order valence-corrected chi connectivity index (χ3v) is 5.23. The van der Waals surface area contributed by atoms with E-state index in [-0.39, 0.29) is 54.7 Å². The van der Waals surface area contributed by atoms with Crippen LogP contribution >= 0.6 is 0 Å². The van der Waals surface area contributed by atoms with Crippen molar-refractivity contribution in [1.82, 2.24) is 20.1 Å². The lowest BCUT2D eigenvalue weighted by atomic mass is 10.0. The second-order valence-corrected chi connectivity index (χ2v) is 8.79. The maximum Gasteiger partial charge on any atom is 0.522 e. The molecule has 0 radical (unpaired) electrons. The van der Waals surface area contributed by atoms with Gasteiger partial charge >= 0.3 is 12.3 Å². The van der Waals surface area contributed by atoms with Crippen LogP contribution < -0.4 is 11.2 Å². The quantitative estimate of drug-likeness (QED) is 0.136. The monoisotopic (exact) mass is 509 g/mol. The van der Waals surface area contributed by atoms with Crippen molar-refractivity contribution >= 4 is 11.9 Å². The highest BCUT2D eigenvalue weighted by Crippen LogP contribution is 2.31.